The number of aliphatic hydroxyl groups is 1. The van der Waals surface area contributed by atoms with E-state index < -0.39 is 17.7 Å². The van der Waals surface area contributed by atoms with Crippen molar-refractivity contribution in [3.05, 3.63) is 94.6 Å². The zero-order chi connectivity index (χ0) is 24.0. The van der Waals surface area contributed by atoms with Gasteiger partial charge in [-0.1, -0.05) is 42.0 Å². The number of aliphatic hydroxyl groups excluding tert-OH is 1. The van der Waals surface area contributed by atoms with E-state index in [0.717, 1.165) is 34.7 Å². The van der Waals surface area contributed by atoms with Crippen LogP contribution in [0.2, 0.25) is 0 Å². The van der Waals surface area contributed by atoms with E-state index >= 15 is 0 Å². The molecule has 1 fully saturated rings. The van der Waals surface area contributed by atoms with E-state index in [9.17, 15) is 14.7 Å². The summed E-state index contributed by atoms with van der Waals surface area (Å²) >= 11 is 0. The van der Waals surface area contributed by atoms with E-state index in [1.165, 1.54) is 4.90 Å². The highest BCUT2D eigenvalue weighted by Gasteiger charge is 2.47. The van der Waals surface area contributed by atoms with Crippen LogP contribution in [0.3, 0.4) is 0 Å². The summed E-state index contributed by atoms with van der Waals surface area (Å²) in [6.07, 6.45) is 0. The van der Waals surface area contributed by atoms with Crippen LogP contribution in [-0.2, 0) is 9.59 Å². The average Bonchev–Trinajstić information content (AvgIpc) is 3.10. The summed E-state index contributed by atoms with van der Waals surface area (Å²) in [6, 6.07) is 19.7. The Kier molecular flexibility index (Phi) is 5.36. The second kappa shape index (κ2) is 8.37. The molecule has 6 heteroatoms. The lowest BCUT2D eigenvalue weighted by Gasteiger charge is -2.28. The predicted molar refractivity (Wildman–Crippen MR) is 132 cm³/mol. The van der Waals surface area contributed by atoms with Crippen LogP contribution in [0.1, 0.15) is 28.3 Å². The van der Waals surface area contributed by atoms with Crippen LogP contribution in [0, 0.1) is 13.8 Å². The Morgan fingerprint density at radius 1 is 1.00 bits per heavy atom. The molecule has 1 N–H and O–H groups in total. The largest absolute Gasteiger partial charge is 0.507 e. The Balaban J connectivity index is 1.71. The smallest absolute Gasteiger partial charge is 0.300 e. The molecule has 1 saturated heterocycles. The lowest BCUT2D eigenvalue weighted by molar-refractivity contribution is -0.132. The SMILES string of the molecule is Cc1ccc(N2C(=O)C(=O)/C(=C(/O)c3ccc4c(c3)N(C)CCO4)C2c2ccccc2C)cc1. The number of hydrogen-bond donors (Lipinski definition) is 1. The Morgan fingerprint density at radius 2 is 1.74 bits per heavy atom. The minimum atomic E-state index is -0.742. The molecule has 3 aromatic carbocycles. The van der Waals surface area contributed by atoms with Crippen LogP contribution in [0.15, 0.2) is 72.3 Å². The van der Waals surface area contributed by atoms with E-state index in [1.807, 2.05) is 74.3 Å². The van der Waals surface area contributed by atoms with Gasteiger partial charge in [0.1, 0.15) is 18.1 Å². The number of hydrogen-bond acceptors (Lipinski definition) is 5. The molecule has 0 bridgehead atoms. The van der Waals surface area contributed by atoms with Crippen molar-refractivity contribution in [1.29, 1.82) is 0 Å². The molecule has 0 radical (unpaired) electrons. The van der Waals surface area contributed by atoms with Crippen molar-refractivity contribution in [2.24, 2.45) is 0 Å². The number of anilines is 2. The maximum Gasteiger partial charge on any atom is 0.300 e. The number of carbonyl (C=O) groups is 2. The number of carbonyl (C=O) groups excluding carboxylic acids is 2. The number of likely N-dealkylation sites (N-methyl/N-ethyl adjacent to an activating group) is 1. The van der Waals surface area contributed by atoms with Crippen molar-refractivity contribution in [1.82, 2.24) is 0 Å². The van der Waals surface area contributed by atoms with Crippen LogP contribution in [0.5, 0.6) is 5.75 Å². The fraction of sp³-hybridized carbons (Fsp3) is 0.214. The van der Waals surface area contributed by atoms with Gasteiger partial charge >= 0.3 is 0 Å². The highest BCUT2D eigenvalue weighted by molar-refractivity contribution is 6.51. The molecule has 0 saturated carbocycles. The average molecular weight is 455 g/mol. The molecule has 34 heavy (non-hydrogen) atoms. The summed E-state index contributed by atoms with van der Waals surface area (Å²) in [7, 11) is 1.95. The standard InChI is InChI=1S/C28H26N2O4/c1-17-8-11-20(12-9-17)30-25(21-7-5-4-6-18(21)2)24(27(32)28(30)33)26(31)19-10-13-23-22(16-19)29(3)14-15-34-23/h4-13,16,25,31H,14-15H2,1-3H3/b26-24+. The van der Waals surface area contributed by atoms with Crippen molar-refractivity contribution in [2.75, 3.05) is 30.0 Å². The third-order valence-corrected chi connectivity index (χ3v) is 6.57. The van der Waals surface area contributed by atoms with E-state index in [0.29, 0.717) is 17.9 Å². The Labute approximate surface area is 198 Å². The van der Waals surface area contributed by atoms with Gasteiger partial charge in [-0.05, 0) is 55.3 Å². The van der Waals surface area contributed by atoms with Gasteiger partial charge in [-0.2, -0.15) is 0 Å². The second-order valence-electron chi connectivity index (χ2n) is 8.81. The molecule has 5 rings (SSSR count). The molecule has 1 atom stereocenters. The third kappa shape index (κ3) is 3.52. The number of nitrogens with zero attached hydrogens (tertiary/aromatic N) is 2. The minimum absolute atomic E-state index is 0.0826. The Bertz CT molecular complexity index is 1330. The van der Waals surface area contributed by atoms with Crippen molar-refractivity contribution in [2.45, 2.75) is 19.9 Å². The van der Waals surface area contributed by atoms with E-state index in [4.69, 9.17) is 4.74 Å². The van der Waals surface area contributed by atoms with Crippen molar-refractivity contribution in [3.8, 4) is 5.75 Å². The highest BCUT2D eigenvalue weighted by Crippen LogP contribution is 2.44. The number of fused-ring (bicyclic) bond motifs is 1. The Hall–Kier alpha value is -4.06. The molecule has 172 valence electrons. The number of rotatable bonds is 3. The van der Waals surface area contributed by atoms with Gasteiger partial charge in [-0.15, -0.1) is 0 Å². The zero-order valence-corrected chi connectivity index (χ0v) is 19.4. The lowest BCUT2D eigenvalue weighted by atomic mass is 9.92. The maximum absolute atomic E-state index is 13.4. The fourth-order valence-electron chi connectivity index (χ4n) is 4.65. The quantitative estimate of drug-likeness (QED) is 0.351. The van der Waals surface area contributed by atoms with Gasteiger partial charge in [0.05, 0.1) is 23.8 Å². The molecule has 3 aromatic rings. The molecule has 6 nitrogen and oxygen atoms in total. The number of benzene rings is 3. The van der Waals surface area contributed by atoms with Crippen molar-refractivity contribution < 1.29 is 19.4 Å². The van der Waals surface area contributed by atoms with Crippen LogP contribution >= 0.6 is 0 Å². The number of amides is 1. The number of ketones is 1. The normalized spacial score (nSPS) is 19.2. The van der Waals surface area contributed by atoms with Gasteiger partial charge in [-0.25, -0.2) is 0 Å². The summed E-state index contributed by atoms with van der Waals surface area (Å²) in [5.74, 6) is -0.824. The molecule has 1 amide bonds. The monoisotopic (exact) mass is 454 g/mol. The molecular formula is C28H26N2O4. The summed E-state index contributed by atoms with van der Waals surface area (Å²) in [6.45, 7) is 5.21. The van der Waals surface area contributed by atoms with Crippen LogP contribution in [0.25, 0.3) is 5.76 Å². The van der Waals surface area contributed by atoms with Gasteiger partial charge in [0.15, 0.2) is 0 Å². The first kappa shape index (κ1) is 21.8. The van der Waals surface area contributed by atoms with Gasteiger partial charge < -0.3 is 14.7 Å². The van der Waals surface area contributed by atoms with E-state index in [-0.39, 0.29) is 11.3 Å². The molecule has 0 aliphatic carbocycles. The number of Topliss-reactive ketones (excluding diaryl/α,β-unsaturated/α-hetero) is 1. The number of aryl methyl sites for hydroxylation is 2. The summed E-state index contributed by atoms with van der Waals surface area (Å²) in [4.78, 5) is 30.2. The molecule has 0 aromatic heterocycles. The minimum Gasteiger partial charge on any atom is -0.507 e. The van der Waals surface area contributed by atoms with Gasteiger partial charge in [0, 0.05) is 18.3 Å². The summed E-state index contributed by atoms with van der Waals surface area (Å²) in [5, 5.41) is 11.4. The topological polar surface area (TPSA) is 70.1 Å². The molecule has 2 heterocycles. The maximum atomic E-state index is 13.4. The highest BCUT2D eigenvalue weighted by atomic mass is 16.5. The first-order valence-electron chi connectivity index (χ1n) is 11.3. The van der Waals surface area contributed by atoms with Crippen LogP contribution in [-0.4, -0.2) is 37.0 Å². The molecule has 1 unspecified atom stereocenters. The molecule has 2 aliphatic rings. The second-order valence-corrected chi connectivity index (χ2v) is 8.81. The molecule has 0 spiro atoms. The molecule has 2 aliphatic heterocycles. The number of ether oxygens (including phenoxy) is 1. The fourth-order valence-corrected chi connectivity index (χ4v) is 4.65. The zero-order valence-electron chi connectivity index (χ0n) is 19.4. The van der Waals surface area contributed by atoms with Crippen LogP contribution in [0.4, 0.5) is 11.4 Å². The Morgan fingerprint density at radius 3 is 2.47 bits per heavy atom. The van der Waals surface area contributed by atoms with Gasteiger partial charge in [0.2, 0.25) is 0 Å². The first-order chi connectivity index (χ1) is 16.4. The van der Waals surface area contributed by atoms with E-state index in [2.05, 4.69) is 0 Å². The van der Waals surface area contributed by atoms with Crippen LogP contribution < -0.4 is 14.5 Å². The van der Waals surface area contributed by atoms with Crippen molar-refractivity contribution >= 4 is 28.8 Å². The first-order valence-corrected chi connectivity index (χ1v) is 11.3. The predicted octanol–water partition coefficient (Wildman–Crippen LogP) is 4.76. The van der Waals surface area contributed by atoms with Gasteiger partial charge in [-0.3, -0.25) is 14.5 Å². The molecular weight excluding hydrogens is 428 g/mol. The summed E-state index contributed by atoms with van der Waals surface area (Å²) in [5.41, 5.74) is 4.76. The van der Waals surface area contributed by atoms with Gasteiger partial charge in [0.25, 0.3) is 11.7 Å². The third-order valence-electron chi connectivity index (χ3n) is 6.57. The van der Waals surface area contributed by atoms with Crippen molar-refractivity contribution in [3.63, 3.8) is 0 Å². The van der Waals surface area contributed by atoms with E-state index in [1.54, 1.807) is 18.2 Å². The lowest BCUT2D eigenvalue weighted by Crippen LogP contribution is -2.29. The summed E-state index contributed by atoms with van der Waals surface area (Å²) < 4.78 is 5.71.